The fourth-order valence-corrected chi connectivity index (χ4v) is 2.77. The summed E-state index contributed by atoms with van der Waals surface area (Å²) in [5.74, 6) is -0.350. The zero-order chi connectivity index (χ0) is 16.2. The number of rotatable bonds is 4. The van der Waals surface area contributed by atoms with E-state index < -0.39 is 11.7 Å². The number of aromatic nitrogens is 1. The number of carbonyl (C=O) groups excluding carboxylic acids is 1. The fourth-order valence-electron chi connectivity index (χ4n) is 2.06. The molecule has 1 aromatic heterocycles. The number of halogens is 1. The molecule has 0 unspecified atom stereocenters. The first-order chi connectivity index (χ1) is 11.2. The number of anilines is 1. The second kappa shape index (κ2) is 6.58. The van der Waals surface area contributed by atoms with Crippen molar-refractivity contribution in [2.45, 2.75) is 0 Å². The number of carbonyl (C=O) groups is 1. The van der Waals surface area contributed by atoms with Crippen molar-refractivity contribution in [3.8, 4) is 17.0 Å². The van der Waals surface area contributed by atoms with Crippen LogP contribution in [0.15, 0.2) is 53.9 Å². The van der Waals surface area contributed by atoms with Crippen LogP contribution in [0.4, 0.5) is 9.52 Å². The van der Waals surface area contributed by atoms with Gasteiger partial charge in [-0.15, -0.1) is 11.3 Å². The van der Waals surface area contributed by atoms with Crippen LogP contribution in [-0.4, -0.2) is 18.0 Å². The number of hydrogen-bond acceptors (Lipinski definition) is 4. The van der Waals surface area contributed by atoms with E-state index in [-0.39, 0.29) is 5.56 Å². The third-order valence-electron chi connectivity index (χ3n) is 3.21. The van der Waals surface area contributed by atoms with E-state index in [0.717, 1.165) is 17.0 Å². The van der Waals surface area contributed by atoms with Crippen molar-refractivity contribution < 1.29 is 13.9 Å². The van der Waals surface area contributed by atoms with Gasteiger partial charge >= 0.3 is 0 Å². The van der Waals surface area contributed by atoms with E-state index in [4.69, 9.17) is 4.74 Å². The number of methoxy groups -OCH3 is 1. The quantitative estimate of drug-likeness (QED) is 0.780. The third-order valence-corrected chi connectivity index (χ3v) is 3.97. The predicted octanol–water partition coefficient (Wildman–Crippen LogP) is 4.21. The number of benzene rings is 2. The van der Waals surface area contributed by atoms with Crippen LogP contribution in [0.25, 0.3) is 11.3 Å². The van der Waals surface area contributed by atoms with Gasteiger partial charge in [0.25, 0.3) is 5.91 Å². The Labute approximate surface area is 136 Å². The molecule has 1 amide bonds. The molecule has 2 aromatic carbocycles. The second-order valence-corrected chi connectivity index (χ2v) is 5.56. The highest BCUT2D eigenvalue weighted by Gasteiger charge is 2.13. The molecule has 3 rings (SSSR count). The normalized spacial score (nSPS) is 10.3. The molecule has 0 aliphatic rings. The molecular weight excluding hydrogens is 315 g/mol. The Morgan fingerprint density at radius 3 is 2.83 bits per heavy atom. The maximum atomic E-state index is 13.6. The summed E-state index contributed by atoms with van der Waals surface area (Å²) in [5, 5.41) is 4.85. The van der Waals surface area contributed by atoms with E-state index in [1.54, 1.807) is 13.2 Å². The van der Waals surface area contributed by atoms with Crippen LogP contribution in [0, 0.1) is 5.82 Å². The molecule has 3 aromatic rings. The first kappa shape index (κ1) is 15.2. The van der Waals surface area contributed by atoms with E-state index in [1.165, 1.54) is 29.5 Å². The van der Waals surface area contributed by atoms with Crippen molar-refractivity contribution in [1.82, 2.24) is 4.98 Å². The number of hydrogen-bond donors (Lipinski definition) is 1. The largest absolute Gasteiger partial charge is 0.497 e. The highest BCUT2D eigenvalue weighted by molar-refractivity contribution is 7.14. The van der Waals surface area contributed by atoms with Crippen LogP contribution in [-0.2, 0) is 0 Å². The maximum absolute atomic E-state index is 13.6. The Morgan fingerprint density at radius 2 is 2.04 bits per heavy atom. The fraction of sp³-hybridized carbons (Fsp3) is 0.0588. The van der Waals surface area contributed by atoms with Gasteiger partial charge in [-0.25, -0.2) is 9.37 Å². The lowest BCUT2D eigenvalue weighted by molar-refractivity contribution is 0.102. The summed E-state index contributed by atoms with van der Waals surface area (Å²) in [6.07, 6.45) is 0. The van der Waals surface area contributed by atoms with Gasteiger partial charge in [0.1, 0.15) is 11.6 Å². The Hall–Kier alpha value is -2.73. The SMILES string of the molecule is COc1cccc(-c2csc(NC(=O)c3ccccc3F)n2)c1. The molecule has 0 saturated carbocycles. The van der Waals surface area contributed by atoms with Crippen LogP contribution < -0.4 is 10.1 Å². The summed E-state index contributed by atoms with van der Waals surface area (Å²) in [6, 6.07) is 13.3. The van der Waals surface area contributed by atoms with Crippen LogP contribution in [0.1, 0.15) is 10.4 Å². The van der Waals surface area contributed by atoms with Crippen molar-refractivity contribution >= 4 is 22.4 Å². The molecule has 6 heteroatoms. The summed E-state index contributed by atoms with van der Waals surface area (Å²) in [6.45, 7) is 0. The molecule has 0 atom stereocenters. The Bertz CT molecular complexity index is 848. The lowest BCUT2D eigenvalue weighted by atomic mass is 10.2. The first-order valence-electron chi connectivity index (χ1n) is 6.83. The molecule has 1 N–H and O–H groups in total. The monoisotopic (exact) mass is 328 g/mol. The van der Waals surface area contributed by atoms with Gasteiger partial charge in [0.2, 0.25) is 0 Å². The zero-order valence-corrected chi connectivity index (χ0v) is 13.1. The molecule has 0 fully saturated rings. The summed E-state index contributed by atoms with van der Waals surface area (Å²) in [7, 11) is 1.60. The van der Waals surface area contributed by atoms with Crippen molar-refractivity contribution in [1.29, 1.82) is 0 Å². The summed E-state index contributed by atoms with van der Waals surface area (Å²) >= 11 is 1.28. The molecule has 23 heavy (non-hydrogen) atoms. The highest BCUT2D eigenvalue weighted by atomic mass is 32.1. The van der Waals surface area contributed by atoms with Crippen LogP contribution in [0.5, 0.6) is 5.75 Å². The Morgan fingerprint density at radius 1 is 1.22 bits per heavy atom. The molecule has 4 nitrogen and oxygen atoms in total. The van der Waals surface area contributed by atoms with E-state index in [1.807, 2.05) is 29.6 Å². The second-order valence-electron chi connectivity index (χ2n) is 4.70. The number of nitrogens with zero attached hydrogens (tertiary/aromatic N) is 1. The molecular formula is C17H13FN2O2S. The summed E-state index contributed by atoms with van der Waals surface area (Å²) in [5.41, 5.74) is 1.59. The van der Waals surface area contributed by atoms with E-state index in [9.17, 15) is 9.18 Å². The van der Waals surface area contributed by atoms with Crippen LogP contribution in [0.2, 0.25) is 0 Å². The van der Waals surface area contributed by atoms with Gasteiger partial charge in [0, 0.05) is 10.9 Å². The standard InChI is InChI=1S/C17H13FN2O2S/c1-22-12-6-4-5-11(9-12)15-10-23-17(19-15)20-16(21)13-7-2-3-8-14(13)18/h2-10H,1H3,(H,19,20,21). The van der Waals surface area contributed by atoms with Crippen molar-refractivity contribution in [3.63, 3.8) is 0 Å². The third kappa shape index (κ3) is 3.37. The molecule has 0 spiro atoms. The average Bonchev–Trinajstić information content (AvgIpc) is 3.03. The smallest absolute Gasteiger partial charge is 0.260 e. The Kier molecular flexibility index (Phi) is 4.34. The number of ether oxygens (including phenoxy) is 1. The number of amides is 1. The van der Waals surface area contributed by atoms with E-state index >= 15 is 0 Å². The molecule has 0 saturated heterocycles. The topological polar surface area (TPSA) is 51.2 Å². The summed E-state index contributed by atoms with van der Waals surface area (Å²) in [4.78, 5) is 16.4. The first-order valence-corrected chi connectivity index (χ1v) is 7.71. The highest BCUT2D eigenvalue weighted by Crippen LogP contribution is 2.27. The van der Waals surface area contributed by atoms with Gasteiger partial charge in [-0.05, 0) is 24.3 Å². The van der Waals surface area contributed by atoms with Crippen molar-refractivity contribution in [3.05, 3.63) is 65.3 Å². The molecule has 1 heterocycles. The van der Waals surface area contributed by atoms with Gasteiger partial charge in [-0.1, -0.05) is 24.3 Å². The molecule has 0 bridgehead atoms. The molecule has 0 radical (unpaired) electrons. The van der Waals surface area contributed by atoms with E-state index in [0.29, 0.717) is 5.13 Å². The molecule has 0 aliphatic carbocycles. The van der Waals surface area contributed by atoms with Gasteiger partial charge in [-0.3, -0.25) is 10.1 Å². The average molecular weight is 328 g/mol. The lowest BCUT2D eigenvalue weighted by Crippen LogP contribution is -2.13. The van der Waals surface area contributed by atoms with Crippen LogP contribution in [0.3, 0.4) is 0 Å². The number of nitrogens with one attached hydrogen (secondary N) is 1. The predicted molar refractivity (Wildman–Crippen MR) is 88.5 cm³/mol. The van der Waals surface area contributed by atoms with Gasteiger partial charge in [0.05, 0.1) is 18.4 Å². The minimum Gasteiger partial charge on any atom is -0.497 e. The molecule has 116 valence electrons. The minimum atomic E-state index is -0.561. The lowest BCUT2D eigenvalue weighted by Gasteiger charge is -2.03. The van der Waals surface area contributed by atoms with Crippen molar-refractivity contribution in [2.24, 2.45) is 0 Å². The van der Waals surface area contributed by atoms with Gasteiger partial charge < -0.3 is 4.74 Å². The van der Waals surface area contributed by atoms with E-state index in [2.05, 4.69) is 10.3 Å². The summed E-state index contributed by atoms with van der Waals surface area (Å²) < 4.78 is 18.8. The van der Waals surface area contributed by atoms with Gasteiger partial charge in [0.15, 0.2) is 5.13 Å². The van der Waals surface area contributed by atoms with Crippen LogP contribution >= 0.6 is 11.3 Å². The molecule has 0 aliphatic heterocycles. The Balaban J connectivity index is 1.79. The zero-order valence-electron chi connectivity index (χ0n) is 12.2. The minimum absolute atomic E-state index is 0.00868. The van der Waals surface area contributed by atoms with Crippen molar-refractivity contribution in [2.75, 3.05) is 12.4 Å². The maximum Gasteiger partial charge on any atom is 0.260 e. The van der Waals surface area contributed by atoms with Gasteiger partial charge in [-0.2, -0.15) is 0 Å². The number of thiazole rings is 1.